The van der Waals surface area contributed by atoms with Gasteiger partial charge in [0.1, 0.15) is 17.0 Å². The van der Waals surface area contributed by atoms with Crippen LogP contribution < -0.4 is 0 Å². The maximum Gasteiger partial charge on any atom is 0.245 e. The van der Waals surface area contributed by atoms with Crippen molar-refractivity contribution in [2.45, 2.75) is 30.2 Å². The third-order valence-corrected chi connectivity index (χ3v) is 6.03. The van der Waals surface area contributed by atoms with Gasteiger partial charge >= 0.3 is 0 Å². The fourth-order valence-corrected chi connectivity index (χ4v) is 4.78. The molecular formula is C13H15ClN4O2S. The van der Waals surface area contributed by atoms with Gasteiger partial charge in [0.15, 0.2) is 0 Å². The van der Waals surface area contributed by atoms with Gasteiger partial charge in [-0.25, -0.2) is 13.4 Å². The van der Waals surface area contributed by atoms with Crippen LogP contribution in [-0.4, -0.2) is 34.4 Å². The molecule has 2 heterocycles. The van der Waals surface area contributed by atoms with E-state index in [0.717, 1.165) is 19.3 Å². The first-order valence-corrected chi connectivity index (χ1v) is 8.54. The van der Waals surface area contributed by atoms with Gasteiger partial charge in [-0.1, -0.05) is 30.2 Å². The van der Waals surface area contributed by atoms with Crippen molar-refractivity contribution in [1.29, 1.82) is 0 Å². The van der Waals surface area contributed by atoms with Gasteiger partial charge in [-0.2, -0.15) is 9.40 Å². The van der Waals surface area contributed by atoms with Crippen LogP contribution in [0.2, 0.25) is 5.02 Å². The zero-order valence-electron chi connectivity index (χ0n) is 11.2. The lowest BCUT2D eigenvalue weighted by Gasteiger charge is -2.33. The molecule has 1 fully saturated rings. The molecule has 0 amide bonds. The van der Waals surface area contributed by atoms with Gasteiger partial charge < -0.3 is 0 Å². The number of halogens is 1. The Kier molecular flexibility index (Phi) is 3.97. The highest BCUT2D eigenvalue weighted by Gasteiger charge is 2.36. The number of piperidine rings is 1. The highest BCUT2D eigenvalue weighted by molar-refractivity contribution is 7.89. The van der Waals surface area contributed by atoms with E-state index in [-0.39, 0.29) is 16.0 Å². The molecule has 0 aliphatic carbocycles. The second kappa shape index (κ2) is 5.75. The number of aromatic amines is 1. The summed E-state index contributed by atoms with van der Waals surface area (Å²) < 4.78 is 27.3. The Bertz CT molecular complexity index is 718. The van der Waals surface area contributed by atoms with E-state index in [9.17, 15) is 8.42 Å². The molecule has 0 bridgehead atoms. The molecular weight excluding hydrogens is 312 g/mol. The fourth-order valence-electron chi connectivity index (χ4n) is 2.62. The van der Waals surface area contributed by atoms with Gasteiger partial charge in [-0.3, -0.25) is 5.10 Å². The van der Waals surface area contributed by atoms with Gasteiger partial charge in [0.05, 0.1) is 11.1 Å². The molecule has 1 unspecified atom stereocenters. The molecule has 1 N–H and O–H groups in total. The summed E-state index contributed by atoms with van der Waals surface area (Å²) in [6.45, 7) is 0.457. The van der Waals surface area contributed by atoms with E-state index < -0.39 is 10.0 Å². The summed E-state index contributed by atoms with van der Waals surface area (Å²) in [6, 6.07) is 6.19. The summed E-state index contributed by atoms with van der Waals surface area (Å²) in [5.41, 5.74) is 0. The summed E-state index contributed by atoms with van der Waals surface area (Å²) in [5, 5.41) is 6.83. The Hall–Kier alpha value is -1.44. The highest BCUT2D eigenvalue weighted by atomic mass is 35.5. The smallest absolute Gasteiger partial charge is 0.245 e. The summed E-state index contributed by atoms with van der Waals surface area (Å²) in [5.74, 6) is 0.574. The SMILES string of the molecule is O=S(=O)(c1ccccc1Cl)N1CCCCC1c1ncn[nH]1. The maximum absolute atomic E-state index is 12.9. The summed E-state index contributed by atoms with van der Waals surface area (Å²) in [6.07, 6.45) is 3.90. The van der Waals surface area contributed by atoms with Crippen molar-refractivity contribution >= 4 is 21.6 Å². The third-order valence-electron chi connectivity index (χ3n) is 3.63. The minimum absolute atomic E-state index is 0.137. The van der Waals surface area contributed by atoms with Crippen LogP contribution >= 0.6 is 11.6 Å². The lowest BCUT2D eigenvalue weighted by atomic mass is 10.0. The molecule has 1 aromatic carbocycles. The molecule has 0 saturated carbocycles. The molecule has 2 aromatic rings. The normalized spacial score (nSPS) is 20.5. The largest absolute Gasteiger partial charge is 0.262 e. The first kappa shape index (κ1) is 14.5. The topological polar surface area (TPSA) is 79.0 Å². The summed E-state index contributed by atoms with van der Waals surface area (Å²) >= 11 is 6.06. The lowest BCUT2D eigenvalue weighted by Crippen LogP contribution is -2.39. The van der Waals surface area contributed by atoms with Crippen LogP contribution in [0.3, 0.4) is 0 Å². The van der Waals surface area contributed by atoms with E-state index in [4.69, 9.17) is 11.6 Å². The van der Waals surface area contributed by atoms with Crippen LogP contribution in [-0.2, 0) is 10.0 Å². The van der Waals surface area contributed by atoms with E-state index in [0.29, 0.717) is 12.4 Å². The molecule has 21 heavy (non-hydrogen) atoms. The van der Waals surface area contributed by atoms with Crippen molar-refractivity contribution in [3.05, 3.63) is 41.4 Å². The number of rotatable bonds is 3. The molecule has 1 aliphatic heterocycles. The molecule has 6 nitrogen and oxygen atoms in total. The van der Waals surface area contributed by atoms with Crippen molar-refractivity contribution in [2.24, 2.45) is 0 Å². The van der Waals surface area contributed by atoms with E-state index in [2.05, 4.69) is 15.2 Å². The van der Waals surface area contributed by atoms with Gasteiger partial charge in [-0.05, 0) is 25.0 Å². The molecule has 1 aromatic heterocycles. The zero-order valence-corrected chi connectivity index (χ0v) is 12.8. The van der Waals surface area contributed by atoms with Crippen LogP contribution in [0.4, 0.5) is 0 Å². The van der Waals surface area contributed by atoms with E-state index in [1.165, 1.54) is 16.7 Å². The van der Waals surface area contributed by atoms with Crippen molar-refractivity contribution in [3.63, 3.8) is 0 Å². The number of hydrogen-bond donors (Lipinski definition) is 1. The number of sulfonamides is 1. The van der Waals surface area contributed by atoms with E-state index >= 15 is 0 Å². The molecule has 3 rings (SSSR count). The second-order valence-corrected chi connectivity index (χ2v) is 7.19. The number of hydrogen-bond acceptors (Lipinski definition) is 4. The number of nitrogens with zero attached hydrogens (tertiary/aromatic N) is 3. The van der Waals surface area contributed by atoms with Gasteiger partial charge in [0.25, 0.3) is 0 Å². The van der Waals surface area contributed by atoms with Crippen molar-refractivity contribution in [3.8, 4) is 0 Å². The lowest BCUT2D eigenvalue weighted by molar-refractivity contribution is 0.247. The van der Waals surface area contributed by atoms with Crippen LogP contribution in [0.25, 0.3) is 0 Å². The van der Waals surface area contributed by atoms with Crippen molar-refractivity contribution in [1.82, 2.24) is 19.5 Å². The Labute approximate surface area is 128 Å². The molecule has 1 aliphatic rings. The summed E-state index contributed by atoms with van der Waals surface area (Å²) in [7, 11) is -3.65. The van der Waals surface area contributed by atoms with Crippen LogP contribution in [0, 0.1) is 0 Å². The van der Waals surface area contributed by atoms with Gasteiger partial charge in [0.2, 0.25) is 10.0 Å². The van der Waals surface area contributed by atoms with Crippen LogP contribution in [0.1, 0.15) is 31.1 Å². The highest BCUT2D eigenvalue weighted by Crippen LogP contribution is 2.35. The third kappa shape index (κ3) is 2.68. The second-order valence-electron chi connectivity index (χ2n) is 4.93. The van der Waals surface area contributed by atoms with Crippen LogP contribution in [0.15, 0.2) is 35.5 Å². The first-order chi connectivity index (χ1) is 10.1. The van der Waals surface area contributed by atoms with Crippen LogP contribution in [0.5, 0.6) is 0 Å². The Morgan fingerprint density at radius 3 is 2.81 bits per heavy atom. The number of H-pyrrole nitrogens is 1. The molecule has 1 atom stereocenters. The minimum Gasteiger partial charge on any atom is -0.262 e. The number of nitrogens with one attached hydrogen (secondary N) is 1. The standard InChI is InChI=1S/C13H15ClN4O2S/c14-10-5-1-2-7-12(10)21(19,20)18-8-4-3-6-11(18)13-15-9-16-17-13/h1-2,5,7,9,11H,3-4,6,8H2,(H,15,16,17). The molecule has 0 radical (unpaired) electrons. The Morgan fingerprint density at radius 2 is 2.10 bits per heavy atom. The molecule has 112 valence electrons. The van der Waals surface area contributed by atoms with Crippen molar-refractivity contribution < 1.29 is 8.42 Å². The van der Waals surface area contributed by atoms with E-state index in [1.807, 2.05) is 0 Å². The number of benzene rings is 1. The first-order valence-electron chi connectivity index (χ1n) is 6.72. The maximum atomic E-state index is 12.9. The zero-order chi connectivity index (χ0) is 14.9. The van der Waals surface area contributed by atoms with Gasteiger partial charge in [0, 0.05) is 6.54 Å². The molecule has 0 spiro atoms. The Balaban J connectivity index is 2.02. The molecule has 1 saturated heterocycles. The predicted octanol–water partition coefficient (Wildman–Crippen LogP) is 2.37. The predicted molar refractivity (Wildman–Crippen MR) is 78.3 cm³/mol. The monoisotopic (exact) mass is 326 g/mol. The van der Waals surface area contributed by atoms with E-state index in [1.54, 1.807) is 18.2 Å². The molecule has 8 heteroatoms. The van der Waals surface area contributed by atoms with Gasteiger partial charge in [-0.15, -0.1) is 0 Å². The summed E-state index contributed by atoms with van der Waals surface area (Å²) in [4.78, 5) is 4.25. The fraction of sp³-hybridized carbons (Fsp3) is 0.385. The Morgan fingerprint density at radius 1 is 1.29 bits per heavy atom. The van der Waals surface area contributed by atoms with Crippen molar-refractivity contribution in [2.75, 3.05) is 6.54 Å². The minimum atomic E-state index is -3.65. The average Bonchev–Trinajstić information content (AvgIpc) is 3.01. The quantitative estimate of drug-likeness (QED) is 0.939. The average molecular weight is 327 g/mol. The number of aromatic nitrogens is 3.